The fraction of sp³-hybridized carbons (Fsp3) is 0.286. The van der Waals surface area contributed by atoms with Gasteiger partial charge in [0.2, 0.25) is 0 Å². The van der Waals surface area contributed by atoms with E-state index in [-0.39, 0.29) is 16.9 Å². The lowest BCUT2D eigenvalue weighted by molar-refractivity contribution is -0.171. The molecule has 2 nitrogen and oxygen atoms in total. The number of hydrogen-bond donors (Lipinski definition) is 0. The Morgan fingerprint density at radius 3 is 2.69 bits per heavy atom. The van der Waals surface area contributed by atoms with Crippen LogP contribution in [0.1, 0.15) is 42.9 Å². The predicted octanol–water partition coefficient (Wildman–Crippen LogP) is 6.49. The number of carbonyl (C=O) groups excluding carboxylic acids is 1. The molecule has 5 heteroatoms. The Balaban J connectivity index is 2.06. The van der Waals surface area contributed by atoms with Crippen LogP contribution in [0, 0.1) is 11.2 Å². The first-order valence-electron chi connectivity index (χ1n) is 8.36. The van der Waals surface area contributed by atoms with Crippen LogP contribution in [0.3, 0.4) is 0 Å². The van der Waals surface area contributed by atoms with Crippen molar-refractivity contribution in [2.24, 2.45) is 5.41 Å². The number of rotatable bonds is 4. The van der Waals surface area contributed by atoms with Gasteiger partial charge in [-0.2, -0.15) is 0 Å². The lowest BCUT2D eigenvalue weighted by atomic mass is 9.71. The molecule has 1 aliphatic rings. The number of ether oxygens (including phenoxy) is 1. The minimum atomic E-state index is -0.684. The molecule has 0 unspecified atom stereocenters. The van der Waals surface area contributed by atoms with E-state index in [0.717, 1.165) is 5.56 Å². The highest BCUT2D eigenvalue weighted by Gasteiger charge is 2.46. The number of carbonyl (C=O) groups is 1. The van der Waals surface area contributed by atoms with E-state index in [1.807, 2.05) is 25.1 Å². The van der Waals surface area contributed by atoms with Crippen molar-refractivity contribution >= 4 is 29.2 Å². The van der Waals surface area contributed by atoms with E-state index in [1.165, 1.54) is 12.1 Å². The molecule has 0 amide bonds. The first kappa shape index (κ1) is 18.9. The molecule has 0 spiro atoms. The predicted molar refractivity (Wildman–Crippen MR) is 102 cm³/mol. The second kappa shape index (κ2) is 7.42. The lowest BCUT2D eigenvalue weighted by Gasteiger charge is -2.41. The van der Waals surface area contributed by atoms with Gasteiger partial charge in [0.25, 0.3) is 0 Å². The summed E-state index contributed by atoms with van der Waals surface area (Å²) in [5.41, 5.74) is 0.836. The zero-order valence-corrected chi connectivity index (χ0v) is 15.9. The molecule has 136 valence electrons. The Hall–Kier alpha value is -1.84. The largest absolute Gasteiger partial charge is 0.456 e. The van der Waals surface area contributed by atoms with Crippen molar-refractivity contribution < 1.29 is 13.9 Å². The topological polar surface area (TPSA) is 26.3 Å². The van der Waals surface area contributed by atoms with Crippen molar-refractivity contribution in [1.82, 2.24) is 0 Å². The molecule has 0 N–H and O–H groups in total. The van der Waals surface area contributed by atoms with E-state index in [4.69, 9.17) is 27.9 Å². The van der Waals surface area contributed by atoms with Crippen molar-refractivity contribution in [1.29, 1.82) is 0 Å². The zero-order valence-electron chi connectivity index (χ0n) is 14.3. The molecule has 1 saturated heterocycles. The van der Waals surface area contributed by atoms with Gasteiger partial charge in [-0.25, -0.2) is 4.39 Å². The van der Waals surface area contributed by atoms with Gasteiger partial charge in [0, 0.05) is 10.9 Å². The molecule has 2 aromatic carbocycles. The van der Waals surface area contributed by atoms with Gasteiger partial charge in [0.1, 0.15) is 11.9 Å². The molecule has 0 aromatic heterocycles. The normalized spacial score (nSPS) is 25.6. The Morgan fingerprint density at radius 1 is 1.27 bits per heavy atom. The summed E-state index contributed by atoms with van der Waals surface area (Å²) in [6.45, 7) is 5.62. The summed E-state index contributed by atoms with van der Waals surface area (Å²) in [6, 6.07) is 12.0. The van der Waals surface area contributed by atoms with Gasteiger partial charge in [-0.05, 0) is 55.2 Å². The van der Waals surface area contributed by atoms with Crippen LogP contribution < -0.4 is 0 Å². The van der Waals surface area contributed by atoms with Crippen molar-refractivity contribution in [3.63, 3.8) is 0 Å². The third kappa shape index (κ3) is 3.65. The monoisotopic (exact) mass is 392 g/mol. The summed E-state index contributed by atoms with van der Waals surface area (Å²) in [4.78, 5) is 12.7. The molecule has 26 heavy (non-hydrogen) atoms. The number of hydrogen-bond acceptors (Lipinski definition) is 2. The van der Waals surface area contributed by atoms with Crippen molar-refractivity contribution in [3.05, 3.63) is 82.1 Å². The smallest absolute Gasteiger partial charge is 0.312 e. The SMILES string of the molecule is C=CC[C@@]1(C)C[C@H](c2cccc(Cl)c2)[C@H](c2ccc(Cl)c(F)c2)OC1=O. The molecule has 2 aromatic rings. The van der Waals surface area contributed by atoms with Crippen LogP contribution in [0.4, 0.5) is 4.39 Å². The van der Waals surface area contributed by atoms with E-state index in [1.54, 1.807) is 18.2 Å². The Morgan fingerprint density at radius 2 is 2.04 bits per heavy atom. The van der Waals surface area contributed by atoms with Crippen molar-refractivity contribution in [3.8, 4) is 0 Å². The molecular formula is C21H19Cl2FO2. The van der Waals surface area contributed by atoms with Gasteiger partial charge < -0.3 is 4.74 Å². The maximum absolute atomic E-state index is 14.0. The van der Waals surface area contributed by atoms with Gasteiger partial charge in [0.05, 0.1) is 10.4 Å². The summed E-state index contributed by atoms with van der Waals surface area (Å²) in [6.07, 6.45) is 2.17. The van der Waals surface area contributed by atoms with Gasteiger partial charge in [-0.1, -0.05) is 47.5 Å². The summed E-state index contributed by atoms with van der Waals surface area (Å²) >= 11 is 12.0. The summed E-state index contributed by atoms with van der Waals surface area (Å²) < 4.78 is 19.8. The fourth-order valence-corrected chi connectivity index (χ4v) is 3.84. The molecule has 1 fully saturated rings. The van der Waals surface area contributed by atoms with Crippen LogP contribution in [0.15, 0.2) is 55.1 Å². The van der Waals surface area contributed by atoms with E-state index >= 15 is 0 Å². The van der Waals surface area contributed by atoms with Crippen molar-refractivity contribution in [2.45, 2.75) is 31.8 Å². The number of cyclic esters (lactones) is 1. The molecule has 1 aliphatic heterocycles. The highest BCUT2D eigenvalue weighted by molar-refractivity contribution is 6.31. The molecule has 0 bridgehead atoms. The van der Waals surface area contributed by atoms with E-state index in [0.29, 0.717) is 23.4 Å². The average molecular weight is 393 g/mol. The van der Waals surface area contributed by atoms with Crippen molar-refractivity contribution in [2.75, 3.05) is 0 Å². The summed E-state index contributed by atoms with van der Waals surface area (Å²) in [5.74, 6) is -1.00. The molecule has 0 saturated carbocycles. The summed E-state index contributed by atoms with van der Waals surface area (Å²) in [5, 5.41) is 0.637. The Bertz CT molecular complexity index is 852. The van der Waals surface area contributed by atoms with Crippen LogP contribution in [0.5, 0.6) is 0 Å². The van der Waals surface area contributed by atoms with Crippen LogP contribution in [-0.4, -0.2) is 5.97 Å². The van der Waals surface area contributed by atoms with Gasteiger partial charge in [-0.15, -0.1) is 6.58 Å². The van der Waals surface area contributed by atoms with Crippen LogP contribution in [0.2, 0.25) is 10.0 Å². The highest BCUT2D eigenvalue weighted by atomic mass is 35.5. The number of benzene rings is 2. The second-order valence-electron chi connectivity index (χ2n) is 6.92. The lowest BCUT2D eigenvalue weighted by Crippen LogP contribution is -2.39. The minimum Gasteiger partial charge on any atom is -0.456 e. The molecule has 0 aliphatic carbocycles. The third-order valence-corrected chi connectivity index (χ3v) is 5.45. The van der Waals surface area contributed by atoms with E-state index < -0.39 is 17.3 Å². The number of allylic oxidation sites excluding steroid dienone is 1. The zero-order chi connectivity index (χ0) is 18.9. The standard InChI is InChI=1S/C21H19Cl2FO2/c1-3-9-21(2)12-16(13-5-4-6-15(22)10-13)19(26-20(21)25)14-7-8-17(23)18(24)11-14/h3-8,10-11,16,19H,1,9,12H2,2H3/t16-,19+,21+/m1/s1. The molecule has 3 atom stereocenters. The first-order chi connectivity index (χ1) is 12.3. The van der Waals surface area contributed by atoms with Gasteiger partial charge >= 0.3 is 5.97 Å². The minimum absolute atomic E-state index is 0.0340. The highest BCUT2D eigenvalue weighted by Crippen LogP contribution is 2.49. The molecular weight excluding hydrogens is 374 g/mol. The van der Waals surface area contributed by atoms with Gasteiger partial charge in [-0.3, -0.25) is 4.79 Å². The van der Waals surface area contributed by atoms with Crippen LogP contribution in [-0.2, 0) is 9.53 Å². The molecule has 0 radical (unpaired) electrons. The van der Waals surface area contributed by atoms with Gasteiger partial charge in [0.15, 0.2) is 0 Å². The molecule has 3 rings (SSSR count). The fourth-order valence-electron chi connectivity index (χ4n) is 3.52. The Labute approximate surface area is 162 Å². The maximum Gasteiger partial charge on any atom is 0.312 e. The maximum atomic E-state index is 14.0. The average Bonchev–Trinajstić information content (AvgIpc) is 2.60. The third-order valence-electron chi connectivity index (χ3n) is 4.91. The summed E-state index contributed by atoms with van der Waals surface area (Å²) in [7, 11) is 0. The van der Waals surface area contributed by atoms with Crippen LogP contribution >= 0.6 is 23.2 Å². The Kier molecular flexibility index (Phi) is 5.40. The van der Waals surface area contributed by atoms with Crippen LogP contribution in [0.25, 0.3) is 0 Å². The molecule has 1 heterocycles. The number of esters is 1. The van der Waals surface area contributed by atoms with E-state index in [2.05, 4.69) is 6.58 Å². The number of halogens is 3. The second-order valence-corrected chi connectivity index (χ2v) is 7.76. The quantitative estimate of drug-likeness (QED) is 0.439. The first-order valence-corrected chi connectivity index (χ1v) is 9.12. The van der Waals surface area contributed by atoms with E-state index in [9.17, 15) is 9.18 Å².